The van der Waals surface area contributed by atoms with Crippen LogP contribution in [0.2, 0.25) is 0 Å². The van der Waals surface area contributed by atoms with Gasteiger partial charge in [-0.1, -0.05) is 35.5 Å². The first-order valence-corrected chi connectivity index (χ1v) is 11.2. The number of hydrogen-bond acceptors (Lipinski definition) is 9. The molecule has 3 atom stereocenters. The summed E-state index contributed by atoms with van der Waals surface area (Å²) in [5, 5.41) is 22.3. The Morgan fingerprint density at radius 2 is 2.15 bits per heavy atom. The molecule has 2 heterocycles. The van der Waals surface area contributed by atoms with Crippen molar-refractivity contribution in [3.63, 3.8) is 0 Å². The molecule has 12 heteroatoms. The molecule has 4 N–H and O–H groups in total. The van der Waals surface area contributed by atoms with Crippen LogP contribution in [0.5, 0.6) is 0 Å². The van der Waals surface area contributed by atoms with Crippen molar-refractivity contribution in [2.75, 3.05) is 19.6 Å². The Morgan fingerprint density at radius 3 is 2.85 bits per heavy atom. The van der Waals surface area contributed by atoms with Gasteiger partial charge in [0.15, 0.2) is 6.29 Å². The number of hydrogen-bond donors (Lipinski definition) is 4. The van der Waals surface area contributed by atoms with Crippen LogP contribution in [0.25, 0.3) is 0 Å². The van der Waals surface area contributed by atoms with E-state index in [2.05, 4.69) is 26.1 Å². The molecule has 2 aliphatic heterocycles. The molecule has 34 heavy (non-hydrogen) atoms. The highest BCUT2D eigenvalue weighted by Gasteiger charge is 2.31. The highest BCUT2D eigenvalue weighted by Crippen LogP contribution is 2.18. The Labute approximate surface area is 197 Å². The highest BCUT2D eigenvalue weighted by molar-refractivity contribution is 5.85. The van der Waals surface area contributed by atoms with Crippen LogP contribution in [0.1, 0.15) is 31.2 Å². The first-order valence-electron chi connectivity index (χ1n) is 11.2. The van der Waals surface area contributed by atoms with Crippen LogP contribution in [0.3, 0.4) is 0 Å². The third-order valence-electron chi connectivity index (χ3n) is 5.30. The van der Waals surface area contributed by atoms with Crippen molar-refractivity contribution in [2.45, 2.75) is 50.8 Å². The van der Waals surface area contributed by atoms with Crippen molar-refractivity contribution in [2.24, 2.45) is 10.1 Å². The van der Waals surface area contributed by atoms with E-state index in [1.165, 1.54) is 4.90 Å². The van der Waals surface area contributed by atoms with Crippen molar-refractivity contribution in [3.8, 4) is 0 Å². The summed E-state index contributed by atoms with van der Waals surface area (Å²) in [4.78, 5) is 46.1. The minimum atomic E-state index is -1.36. The number of rotatable bonds is 14. The lowest BCUT2D eigenvalue weighted by molar-refractivity contribution is -0.142. The number of carbonyl (C=O) groups is 3. The van der Waals surface area contributed by atoms with Crippen LogP contribution in [-0.2, 0) is 25.8 Å². The van der Waals surface area contributed by atoms with Gasteiger partial charge in [0.25, 0.3) is 0 Å². The maximum atomic E-state index is 12.1. The summed E-state index contributed by atoms with van der Waals surface area (Å²) in [5.41, 5.74) is 1.57. The molecule has 0 bridgehead atoms. The highest BCUT2D eigenvalue weighted by atomic mass is 16.7. The number of alkyl carbamates (subject to hydrolysis) is 1. The van der Waals surface area contributed by atoms with Gasteiger partial charge in [-0.15, -0.1) is 0 Å². The zero-order valence-electron chi connectivity index (χ0n) is 18.8. The smallest absolute Gasteiger partial charge is 0.408 e. The van der Waals surface area contributed by atoms with Gasteiger partial charge in [-0.25, -0.2) is 9.59 Å². The molecule has 1 aromatic rings. The first kappa shape index (κ1) is 25.1. The predicted octanol–water partition coefficient (Wildman–Crippen LogP) is 0.644. The van der Waals surface area contributed by atoms with Crippen LogP contribution in [0, 0.1) is 0 Å². The van der Waals surface area contributed by atoms with Crippen molar-refractivity contribution in [3.05, 3.63) is 35.9 Å². The van der Waals surface area contributed by atoms with Crippen LogP contribution >= 0.6 is 0 Å². The lowest BCUT2D eigenvalue weighted by Crippen LogP contribution is -2.50. The minimum Gasteiger partial charge on any atom is -0.480 e. The van der Waals surface area contributed by atoms with Gasteiger partial charge >= 0.3 is 12.1 Å². The molecule has 1 unspecified atom stereocenters. The molecule has 12 nitrogen and oxygen atoms in total. The SMILES string of the molecule is O=CN(CC(NC(=O)OCc1ccccc1)C(=O)O)[C@H]1CC(CCCCN[C@@H]2N=CCN2)=NO1. The van der Waals surface area contributed by atoms with Crippen molar-refractivity contribution < 1.29 is 29.1 Å². The molecular formula is C22H30N6O6. The van der Waals surface area contributed by atoms with E-state index in [9.17, 15) is 19.5 Å². The van der Waals surface area contributed by atoms with Gasteiger partial charge in [0.05, 0.1) is 12.3 Å². The second-order valence-electron chi connectivity index (χ2n) is 7.87. The topological polar surface area (TPSA) is 154 Å². The van der Waals surface area contributed by atoms with E-state index in [4.69, 9.17) is 9.57 Å². The quantitative estimate of drug-likeness (QED) is 0.226. The van der Waals surface area contributed by atoms with Gasteiger partial charge in [-0.3, -0.25) is 20.4 Å². The molecule has 0 saturated heterocycles. The van der Waals surface area contributed by atoms with Gasteiger partial charge in [0.1, 0.15) is 12.6 Å². The van der Waals surface area contributed by atoms with Crippen LogP contribution in [0.4, 0.5) is 4.79 Å². The average molecular weight is 475 g/mol. The number of benzene rings is 1. The van der Waals surface area contributed by atoms with E-state index >= 15 is 0 Å². The molecule has 0 aliphatic carbocycles. The van der Waals surface area contributed by atoms with E-state index in [-0.39, 0.29) is 19.4 Å². The van der Waals surface area contributed by atoms with Gasteiger partial charge in [0, 0.05) is 19.2 Å². The fourth-order valence-electron chi connectivity index (χ4n) is 3.46. The molecule has 3 rings (SSSR count). The first-order chi connectivity index (χ1) is 16.5. The number of oxime groups is 1. The van der Waals surface area contributed by atoms with Crippen LogP contribution in [-0.4, -0.2) is 78.6 Å². The zero-order valence-corrected chi connectivity index (χ0v) is 18.8. The maximum Gasteiger partial charge on any atom is 0.408 e. The Kier molecular flexibility index (Phi) is 9.80. The Hall–Kier alpha value is -3.51. The molecule has 0 fully saturated rings. The fraction of sp³-hybridized carbons (Fsp3) is 0.500. The summed E-state index contributed by atoms with van der Waals surface area (Å²) < 4.78 is 5.07. The average Bonchev–Trinajstić information content (AvgIpc) is 3.53. The zero-order chi connectivity index (χ0) is 24.2. The van der Waals surface area contributed by atoms with E-state index in [0.29, 0.717) is 19.3 Å². The monoisotopic (exact) mass is 474 g/mol. The summed E-state index contributed by atoms with van der Waals surface area (Å²) in [6.07, 6.45) is 3.59. The van der Waals surface area contributed by atoms with E-state index < -0.39 is 24.3 Å². The number of carbonyl (C=O) groups excluding carboxylic acids is 2. The van der Waals surface area contributed by atoms with E-state index in [0.717, 1.165) is 37.2 Å². The molecule has 2 aliphatic rings. The second kappa shape index (κ2) is 13.3. The number of carboxylic acid groups (broad SMARTS) is 1. The summed E-state index contributed by atoms with van der Waals surface area (Å²) >= 11 is 0. The molecule has 1 aromatic carbocycles. The van der Waals surface area contributed by atoms with Crippen molar-refractivity contribution in [1.82, 2.24) is 20.9 Å². The third-order valence-corrected chi connectivity index (χ3v) is 5.30. The number of nitrogens with zero attached hydrogens (tertiary/aromatic N) is 3. The standard InChI is InChI=1S/C22H30N6O6/c29-15-28(13-18(20(30)31)26-22(32)33-14-16-6-2-1-3-7-16)19-12-17(27-34-19)8-4-5-9-23-21-24-10-11-25-21/h1-3,6-7,10,15,18-19,21,23,25H,4-5,8-9,11-14H2,(H,26,32)(H,30,31)/t18?,19-,21-/m1/s1. The van der Waals surface area contributed by atoms with Gasteiger partial charge in [0.2, 0.25) is 12.6 Å². The van der Waals surface area contributed by atoms with E-state index in [1.54, 1.807) is 24.3 Å². The number of nitrogens with one attached hydrogen (secondary N) is 3. The maximum absolute atomic E-state index is 12.1. The summed E-state index contributed by atoms with van der Waals surface area (Å²) in [7, 11) is 0. The summed E-state index contributed by atoms with van der Waals surface area (Å²) in [6, 6.07) is 7.64. The summed E-state index contributed by atoms with van der Waals surface area (Å²) in [6.45, 7) is 1.29. The lowest BCUT2D eigenvalue weighted by Gasteiger charge is -2.25. The lowest BCUT2D eigenvalue weighted by atomic mass is 10.1. The molecule has 0 aromatic heterocycles. The van der Waals surface area contributed by atoms with Crippen LogP contribution < -0.4 is 16.0 Å². The largest absolute Gasteiger partial charge is 0.480 e. The second-order valence-corrected chi connectivity index (χ2v) is 7.87. The number of ether oxygens (including phenoxy) is 1. The molecule has 0 spiro atoms. The van der Waals surface area contributed by atoms with Gasteiger partial charge in [-0.05, 0) is 31.4 Å². The number of amides is 2. The molecule has 0 radical (unpaired) electrons. The molecule has 0 saturated carbocycles. The minimum absolute atomic E-state index is 0.000750. The summed E-state index contributed by atoms with van der Waals surface area (Å²) in [5.74, 6) is -1.30. The Balaban J connectivity index is 1.38. The molecular weight excluding hydrogens is 444 g/mol. The van der Waals surface area contributed by atoms with E-state index in [1.807, 2.05) is 12.3 Å². The normalized spacial score (nSPS) is 19.7. The Bertz CT molecular complexity index is 880. The van der Waals surface area contributed by atoms with Gasteiger partial charge < -0.3 is 24.9 Å². The number of carboxylic acids is 1. The van der Waals surface area contributed by atoms with Crippen LogP contribution in [0.15, 0.2) is 40.5 Å². The third kappa shape index (κ3) is 8.12. The van der Waals surface area contributed by atoms with Gasteiger partial charge in [-0.2, -0.15) is 0 Å². The molecule has 184 valence electrons. The fourth-order valence-corrected chi connectivity index (χ4v) is 3.46. The number of aliphatic imine (C=N–C) groups is 1. The van der Waals surface area contributed by atoms with Crippen molar-refractivity contribution >= 4 is 30.4 Å². The number of unbranched alkanes of at least 4 members (excludes halogenated alkanes) is 1. The Morgan fingerprint density at radius 1 is 1.32 bits per heavy atom. The molecule has 2 amide bonds. The van der Waals surface area contributed by atoms with Crippen molar-refractivity contribution in [1.29, 1.82) is 0 Å². The predicted molar refractivity (Wildman–Crippen MR) is 123 cm³/mol. The number of aliphatic carboxylic acids is 1.